The van der Waals surface area contributed by atoms with Crippen LogP contribution in [-0.2, 0) is 0 Å². The first-order valence-corrected chi connectivity index (χ1v) is 4.61. The average molecular weight is 159 g/mol. The summed E-state index contributed by atoms with van der Waals surface area (Å²) < 4.78 is 0. The van der Waals surface area contributed by atoms with Gasteiger partial charge in [-0.3, -0.25) is 0 Å². The second kappa shape index (κ2) is 10.2. The first kappa shape index (κ1) is 11.2. The van der Waals surface area contributed by atoms with Crippen LogP contribution in [0.1, 0.15) is 39.0 Å². The molecule has 0 aromatic heterocycles. The van der Waals surface area contributed by atoms with E-state index < -0.39 is 0 Å². The van der Waals surface area contributed by atoms with E-state index in [4.69, 9.17) is 7.49 Å². The van der Waals surface area contributed by atoms with E-state index in [2.05, 4.69) is 24.8 Å². The van der Waals surface area contributed by atoms with Crippen LogP contribution in [0.5, 0.6) is 0 Å². The molecular formula is C11H16B. The third-order valence-corrected chi connectivity index (χ3v) is 1.59. The molecule has 0 bridgehead atoms. The van der Waals surface area contributed by atoms with E-state index >= 15 is 0 Å². The van der Waals surface area contributed by atoms with Crippen molar-refractivity contribution in [1.82, 2.24) is 0 Å². The summed E-state index contributed by atoms with van der Waals surface area (Å²) in [4.78, 5) is 0. The van der Waals surface area contributed by atoms with Crippen molar-refractivity contribution in [2.45, 2.75) is 39.0 Å². The van der Waals surface area contributed by atoms with Crippen molar-refractivity contribution in [2.75, 3.05) is 0 Å². The van der Waals surface area contributed by atoms with Crippen LogP contribution in [-0.4, -0.2) is 13.5 Å². The van der Waals surface area contributed by atoms with Crippen molar-refractivity contribution in [2.24, 2.45) is 0 Å². The summed E-state index contributed by atoms with van der Waals surface area (Å²) in [6.45, 7) is 2.22. The van der Waals surface area contributed by atoms with Crippen LogP contribution in [0.25, 0.3) is 0 Å². The van der Waals surface area contributed by atoms with Gasteiger partial charge in [0, 0.05) is 0 Å². The van der Waals surface area contributed by atoms with E-state index in [0.717, 1.165) is 6.42 Å². The molecule has 0 aliphatic heterocycles. The molecule has 0 aromatic rings. The number of allylic oxidation sites excluding steroid dienone is 2. The Morgan fingerprint density at radius 1 is 1.17 bits per heavy atom. The molecule has 63 valence electrons. The van der Waals surface area contributed by atoms with E-state index in [0.29, 0.717) is 0 Å². The maximum atomic E-state index is 5.08. The monoisotopic (exact) mass is 159 g/mol. The van der Waals surface area contributed by atoms with E-state index in [1.165, 1.54) is 31.6 Å². The van der Waals surface area contributed by atoms with Gasteiger partial charge in [-0.25, -0.2) is 0 Å². The molecule has 0 aliphatic carbocycles. The van der Waals surface area contributed by atoms with Crippen LogP contribution in [0, 0.1) is 11.8 Å². The number of hydrogen-bond donors (Lipinski definition) is 0. The van der Waals surface area contributed by atoms with Gasteiger partial charge in [0.05, 0.1) is 0 Å². The molecule has 0 spiro atoms. The predicted octanol–water partition coefficient (Wildman–Crippen LogP) is 2.49. The topological polar surface area (TPSA) is 0 Å². The Morgan fingerprint density at radius 2 is 2.00 bits per heavy atom. The zero-order valence-electron chi connectivity index (χ0n) is 7.84. The van der Waals surface area contributed by atoms with Crippen molar-refractivity contribution in [3.8, 4) is 11.8 Å². The normalized spacial score (nSPS) is 9.33. The molecular weight excluding hydrogens is 143 g/mol. The Labute approximate surface area is 77.1 Å². The maximum absolute atomic E-state index is 5.08. The Bertz CT molecular complexity index is 181. The summed E-state index contributed by atoms with van der Waals surface area (Å²) >= 11 is 0. The molecule has 1 heteroatoms. The number of rotatable bonds is 5. The van der Waals surface area contributed by atoms with E-state index in [1.54, 1.807) is 0 Å². The summed E-state index contributed by atoms with van der Waals surface area (Å²) in [6.07, 6.45) is 10.4. The third-order valence-electron chi connectivity index (χ3n) is 1.59. The molecule has 0 N–H and O–H groups in total. The van der Waals surface area contributed by atoms with E-state index in [9.17, 15) is 0 Å². The molecule has 0 unspecified atom stereocenters. The quantitative estimate of drug-likeness (QED) is 0.328. The summed E-state index contributed by atoms with van der Waals surface area (Å²) in [7, 11) is 5.08. The molecule has 0 rings (SSSR count). The van der Waals surface area contributed by atoms with E-state index in [1.807, 2.05) is 6.08 Å². The average Bonchev–Trinajstić information content (AvgIpc) is 2.10. The van der Waals surface area contributed by atoms with Crippen molar-refractivity contribution in [1.29, 1.82) is 0 Å². The summed E-state index contributed by atoms with van der Waals surface area (Å²) in [5.74, 6) is 6.84. The van der Waals surface area contributed by atoms with Crippen LogP contribution in [0.3, 0.4) is 0 Å². The van der Waals surface area contributed by atoms with Crippen LogP contribution in [0.15, 0.2) is 12.2 Å². The zero-order chi connectivity index (χ0) is 9.07. The van der Waals surface area contributed by atoms with Gasteiger partial charge in [0.25, 0.3) is 0 Å². The number of hydrogen-bond acceptors (Lipinski definition) is 0. The van der Waals surface area contributed by atoms with Crippen LogP contribution in [0.2, 0.25) is 0 Å². The first-order chi connectivity index (χ1) is 5.91. The van der Waals surface area contributed by atoms with Gasteiger partial charge in [-0.1, -0.05) is 0 Å². The molecule has 0 fully saturated rings. The fourth-order valence-corrected chi connectivity index (χ4v) is 0.927. The van der Waals surface area contributed by atoms with Gasteiger partial charge >= 0.3 is 76.5 Å². The summed E-state index contributed by atoms with van der Waals surface area (Å²) in [5.41, 5.74) is 0. The zero-order valence-corrected chi connectivity index (χ0v) is 7.84. The van der Waals surface area contributed by atoms with Crippen molar-refractivity contribution in [3.05, 3.63) is 12.2 Å². The van der Waals surface area contributed by atoms with Crippen LogP contribution >= 0.6 is 0 Å². The molecule has 0 atom stereocenters. The van der Waals surface area contributed by atoms with Crippen molar-refractivity contribution >= 4 is 13.5 Å². The first-order valence-electron chi connectivity index (χ1n) is 4.61. The molecule has 0 saturated carbocycles. The van der Waals surface area contributed by atoms with Gasteiger partial charge in [-0.15, -0.1) is 0 Å². The van der Waals surface area contributed by atoms with Crippen molar-refractivity contribution < 1.29 is 0 Å². The second-order valence-corrected chi connectivity index (χ2v) is 2.71. The molecule has 0 amide bonds. The number of unbranched alkanes of at least 4 members (excludes halogenated alkanes) is 4. The molecule has 0 aromatic carbocycles. The molecule has 1 radical (unpaired) electrons. The fraction of sp³-hybridized carbons (Fsp3) is 0.545. The van der Waals surface area contributed by atoms with Gasteiger partial charge in [0.2, 0.25) is 0 Å². The van der Waals surface area contributed by atoms with Crippen LogP contribution in [0.4, 0.5) is 0 Å². The third kappa shape index (κ3) is 9.23. The predicted molar refractivity (Wildman–Crippen MR) is 57.5 cm³/mol. The summed E-state index contributed by atoms with van der Waals surface area (Å²) in [6, 6.07) is 0. The minimum absolute atomic E-state index is 1.14. The fourth-order valence-electron chi connectivity index (χ4n) is 0.927. The molecule has 12 heavy (non-hydrogen) atoms. The van der Waals surface area contributed by atoms with Gasteiger partial charge in [-0.05, 0) is 0 Å². The summed E-state index contributed by atoms with van der Waals surface area (Å²) in [5, 5.41) is 0. The van der Waals surface area contributed by atoms with Crippen molar-refractivity contribution in [3.63, 3.8) is 0 Å². The Kier molecular flexibility index (Phi) is 9.58. The molecule has 0 nitrogen and oxygen atoms in total. The standard InChI is InChI=1S/C11H16B/c1-2-3-4-5-6-7-8-9-10-11-12/h7-8,11H,2-6H2,1H3/b8-7+. The SMILES string of the molecule is [B]=CC#C/C=C/CCCCCC. The minimum atomic E-state index is 1.14. The van der Waals surface area contributed by atoms with Gasteiger partial charge in [0.1, 0.15) is 0 Å². The Hall–Kier alpha value is -0.765. The van der Waals surface area contributed by atoms with Crippen LogP contribution < -0.4 is 0 Å². The molecule has 0 aliphatic rings. The van der Waals surface area contributed by atoms with Gasteiger partial charge in [-0.2, -0.15) is 0 Å². The second-order valence-electron chi connectivity index (χ2n) is 2.71. The Balaban J connectivity index is 3.18. The molecule has 0 saturated heterocycles. The van der Waals surface area contributed by atoms with Gasteiger partial charge < -0.3 is 0 Å². The van der Waals surface area contributed by atoms with Gasteiger partial charge in [0.15, 0.2) is 0 Å². The Morgan fingerprint density at radius 3 is 2.67 bits per heavy atom. The van der Waals surface area contributed by atoms with E-state index in [-0.39, 0.29) is 0 Å². The molecule has 0 heterocycles.